The second-order valence-electron chi connectivity index (χ2n) is 12.0. The molecule has 4 aromatic rings. The van der Waals surface area contributed by atoms with Gasteiger partial charge in [0.25, 0.3) is 10.0 Å². The number of ether oxygens (including phenoxy) is 2. The van der Waals surface area contributed by atoms with E-state index in [9.17, 15) is 18.0 Å². The van der Waals surface area contributed by atoms with Crippen molar-refractivity contribution in [1.82, 2.24) is 10.2 Å². The van der Waals surface area contributed by atoms with E-state index in [0.717, 1.165) is 15.4 Å². The molecule has 0 heterocycles. The van der Waals surface area contributed by atoms with E-state index in [1.54, 1.807) is 42.5 Å². The molecule has 0 aliphatic carbocycles. The highest BCUT2D eigenvalue weighted by molar-refractivity contribution is 7.92. The number of amides is 2. The molecule has 1 unspecified atom stereocenters. The maximum atomic E-state index is 14.7. The van der Waals surface area contributed by atoms with Crippen molar-refractivity contribution in [3.8, 4) is 11.5 Å². The van der Waals surface area contributed by atoms with Crippen LogP contribution in [0.5, 0.6) is 11.5 Å². The van der Waals surface area contributed by atoms with Crippen LogP contribution in [0.3, 0.4) is 0 Å². The number of nitrogens with one attached hydrogen (secondary N) is 1. The first kappa shape index (κ1) is 37.6. The van der Waals surface area contributed by atoms with E-state index >= 15 is 0 Å². The molecule has 0 aliphatic rings. The highest BCUT2D eigenvalue weighted by atomic mass is 35.5. The number of hydrogen-bond acceptors (Lipinski definition) is 6. The lowest BCUT2D eigenvalue weighted by Crippen LogP contribution is -2.53. The van der Waals surface area contributed by atoms with Crippen LogP contribution in [0, 0.1) is 12.8 Å². The number of halogens is 2. The van der Waals surface area contributed by atoms with Gasteiger partial charge in [-0.2, -0.15) is 0 Å². The van der Waals surface area contributed by atoms with Crippen molar-refractivity contribution in [3.05, 3.63) is 118 Å². The summed E-state index contributed by atoms with van der Waals surface area (Å²) in [5, 5.41) is 3.60. The molecular formula is C37H41Cl2N3O6S. The first-order chi connectivity index (χ1) is 23.3. The van der Waals surface area contributed by atoms with Crippen molar-refractivity contribution in [2.24, 2.45) is 5.92 Å². The zero-order valence-corrected chi connectivity index (χ0v) is 30.5. The maximum Gasteiger partial charge on any atom is 0.264 e. The van der Waals surface area contributed by atoms with Crippen molar-refractivity contribution in [2.45, 2.75) is 44.7 Å². The first-order valence-electron chi connectivity index (χ1n) is 15.7. The van der Waals surface area contributed by atoms with E-state index in [0.29, 0.717) is 22.9 Å². The molecule has 12 heteroatoms. The highest BCUT2D eigenvalue weighted by Crippen LogP contribution is 2.33. The molecule has 4 aromatic carbocycles. The van der Waals surface area contributed by atoms with Crippen LogP contribution in [-0.2, 0) is 32.6 Å². The van der Waals surface area contributed by atoms with Crippen LogP contribution >= 0.6 is 23.2 Å². The third-order valence-corrected chi connectivity index (χ3v) is 10.3. The first-order valence-corrected chi connectivity index (χ1v) is 17.9. The standard InChI is InChI=1S/C37H41Cl2N3O6S/c1-25(2)22-40-37(44)33(20-27-9-7-6-8-10-27)41(23-28-13-17-31(38)32(39)19-28)36(43)24-42(29-14-11-26(3)12-15-29)49(45,46)30-16-18-34(47-4)35(21-30)48-5/h6-19,21,25,33H,20,22-24H2,1-5H3,(H,40,44). The average Bonchev–Trinajstić information content (AvgIpc) is 3.09. The van der Waals surface area contributed by atoms with Crippen molar-refractivity contribution in [3.63, 3.8) is 0 Å². The Hall–Kier alpha value is -4.25. The van der Waals surface area contributed by atoms with E-state index in [4.69, 9.17) is 32.7 Å². The lowest BCUT2D eigenvalue weighted by molar-refractivity contribution is -0.140. The number of rotatable bonds is 15. The lowest BCUT2D eigenvalue weighted by atomic mass is 10.0. The van der Waals surface area contributed by atoms with E-state index in [1.807, 2.05) is 51.1 Å². The van der Waals surface area contributed by atoms with Crippen LogP contribution in [0.4, 0.5) is 5.69 Å². The predicted octanol–water partition coefficient (Wildman–Crippen LogP) is 6.93. The second-order valence-corrected chi connectivity index (χ2v) is 14.7. The topological polar surface area (TPSA) is 105 Å². The molecular weight excluding hydrogens is 685 g/mol. The molecule has 4 rings (SSSR count). The minimum atomic E-state index is -4.35. The second kappa shape index (κ2) is 16.9. The molecule has 49 heavy (non-hydrogen) atoms. The molecule has 0 spiro atoms. The van der Waals surface area contributed by atoms with Crippen molar-refractivity contribution in [1.29, 1.82) is 0 Å². The average molecular weight is 727 g/mol. The number of hydrogen-bond donors (Lipinski definition) is 1. The Morgan fingerprint density at radius 3 is 2.10 bits per heavy atom. The Morgan fingerprint density at radius 1 is 0.816 bits per heavy atom. The predicted molar refractivity (Wildman–Crippen MR) is 194 cm³/mol. The molecule has 0 radical (unpaired) electrons. The summed E-state index contributed by atoms with van der Waals surface area (Å²) in [6, 6.07) is 24.4. The molecule has 1 N–H and O–H groups in total. The summed E-state index contributed by atoms with van der Waals surface area (Å²) < 4.78 is 40.5. The number of anilines is 1. The van der Waals surface area contributed by atoms with Gasteiger partial charge in [0.15, 0.2) is 11.5 Å². The Morgan fingerprint density at radius 2 is 1.49 bits per heavy atom. The van der Waals surface area contributed by atoms with Gasteiger partial charge in [-0.1, -0.05) is 91.1 Å². The minimum Gasteiger partial charge on any atom is -0.493 e. The summed E-state index contributed by atoms with van der Waals surface area (Å²) in [6.45, 7) is 5.57. The molecule has 0 saturated heterocycles. The fourth-order valence-corrected chi connectivity index (χ4v) is 6.91. The van der Waals surface area contributed by atoms with Gasteiger partial charge in [-0.3, -0.25) is 13.9 Å². The van der Waals surface area contributed by atoms with Crippen LogP contribution in [0.25, 0.3) is 0 Å². The Balaban J connectivity index is 1.83. The Kier molecular flexibility index (Phi) is 13.0. The largest absolute Gasteiger partial charge is 0.493 e. The summed E-state index contributed by atoms with van der Waals surface area (Å²) in [4.78, 5) is 29.9. The van der Waals surface area contributed by atoms with Gasteiger partial charge in [-0.05, 0) is 60.4 Å². The number of carbonyl (C=O) groups excluding carboxylic acids is 2. The summed E-state index contributed by atoms with van der Waals surface area (Å²) in [6.07, 6.45) is 0.185. The van der Waals surface area contributed by atoms with E-state index in [1.165, 1.54) is 37.3 Å². The number of nitrogens with zero attached hydrogens (tertiary/aromatic N) is 2. The smallest absolute Gasteiger partial charge is 0.264 e. The zero-order valence-electron chi connectivity index (χ0n) is 28.2. The normalized spacial score (nSPS) is 11.9. The Bertz CT molecular complexity index is 1850. The Labute approximate surface area is 298 Å². The molecule has 0 aliphatic heterocycles. The van der Waals surface area contributed by atoms with Gasteiger partial charge in [0.2, 0.25) is 11.8 Å². The van der Waals surface area contributed by atoms with Crippen molar-refractivity contribution in [2.75, 3.05) is 31.6 Å². The number of carbonyl (C=O) groups is 2. The summed E-state index contributed by atoms with van der Waals surface area (Å²) in [7, 11) is -1.49. The molecule has 0 aromatic heterocycles. The summed E-state index contributed by atoms with van der Waals surface area (Å²) in [5.74, 6) is -0.246. The monoisotopic (exact) mass is 725 g/mol. The summed E-state index contributed by atoms with van der Waals surface area (Å²) >= 11 is 12.6. The van der Waals surface area contributed by atoms with Gasteiger partial charge in [-0.25, -0.2) is 8.42 Å². The molecule has 0 saturated carbocycles. The van der Waals surface area contributed by atoms with Crippen LogP contribution in [0.1, 0.15) is 30.5 Å². The van der Waals surface area contributed by atoms with E-state index < -0.39 is 28.5 Å². The SMILES string of the molecule is COc1ccc(S(=O)(=O)N(CC(=O)N(Cc2ccc(Cl)c(Cl)c2)C(Cc2ccccc2)C(=O)NCC(C)C)c2ccc(C)cc2)cc1OC. The number of sulfonamides is 1. The van der Waals surface area contributed by atoms with Crippen molar-refractivity contribution >= 4 is 50.7 Å². The van der Waals surface area contributed by atoms with Gasteiger partial charge in [0.1, 0.15) is 12.6 Å². The lowest BCUT2D eigenvalue weighted by Gasteiger charge is -2.34. The molecule has 2 amide bonds. The maximum absolute atomic E-state index is 14.7. The van der Waals surface area contributed by atoms with E-state index in [-0.39, 0.29) is 46.1 Å². The minimum absolute atomic E-state index is 0.0412. The fourth-order valence-electron chi connectivity index (χ4n) is 5.16. The highest BCUT2D eigenvalue weighted by Gasteiger charge is 2.35. The van der Waals surface area contributed by atoms with Crippen molar-refractivity contribution < 1.29 is 27.5 Å². The number of methoxy groups -OCH3 is 2. The van der Waals surface area contributed by atoms with Crippen LogP contribution in [-0.4, -0.2) is 58.5 Å². The molecule has 260 valence electrons. The zero-order chi connectivity index (χ0) is 35.7. The van der Waals surface area contributed by atoms with Gasteiger partial charge < -0.3 is 19.7 Å². The van der Waals surface area contributed by atoms with Gasteiger partial charge in [-0.15, -0.1) is 0 Å². The van der Waals surface area contributed by atoms with Crippen LogP contribution in [0.15, 0.2) is 95.9 Å². The van der Waals surface area contributed by atoms with Crippen LogP contribution in [0.2, 0.25) is 10.0 Å². The molecule has 0 fully saturated rings. The third-order valence-electron chi connectivity index (χ3n) is 7.84. The van der Waals surface area contributed by atoms with Gasteiger partial charge in [0, 0.05) is 25.6 Å². The van der Waals surface area contributed by atoms with Gasteiger partial charge in [0.05, 0.1) is 34.8 Å². The third kappa shape index (κ3) is 9.68. The number of aryl methyl sites for hydroxylation is 1. The quantitative estimate of drug-likeness (QED) is 0.143. The molecule has 0 bridgehead atoms. The molecule has 9 nitrogen and oxygen atoms in total. The summed E-state index contributed by atoms with van der Waals surface area (Å²) in [5.41, 5.74) is 2.62. The van der Waals surface area contributed by atoms with Crippen LogP contribution < -0.4 is 19.1 Å². The molecule has 1 atom stereocenters. The van der Waals surface area contributed by atoms with Gasteiger partial charge >= 0.3 is 0 Å². The van der Waals surface area contributed by atoms with E-state index in [2.05, 4.69) is 5.32 Å². The fraction of sp³-hybridized carbons (Fsp3) is 0.297. The number of benzene rings is 4.